The maximum atomic E-state index is 5.97. The normalized spacial score (nSPS) is 22.2. The van der Waals surface area contributed by atoms with E-state index in [2.05, 4.69) is 33.0 Å². The third-order valence-corrected chi connectivity index (χ3v) is 3.83. The Labute approximate surface area is 92.2 Å². The van der Waals surface area contributed by atoms with Crippen molar-refractivity contribution in [1.82, 2.24) is 0 Å². The SMILES string of the molecule is Nc1cc(Br)ccc1N1CC2(CC2)C1. The number of halogens is 1. The minimum Gasteiger partial charge on any atom is -0.397 e. The average Bonchev–Trinajstić information content (AvgIpc) is 2.81. The van der Waals surface area contributed by atoms with E-state index in [4.69, 9.17) is 5.73 Å². The van der Waals surface area contributed by atoms with E-state index < -0.39 is 0 Å². The maximum absolute atomic E-state index is 5.97. The fourth-order valence-electron chi connectivity index (χ4n) is 2.24. The summed E-state index contributed by atoms with van der Waals surface area (Å²) in [5.41, 5.74) is 8.75. The van der Waals surface area contributed by atoms with Crippen LogP contribution in [0.25, 0.3) is 0 Å². The molecular weight excluding hydrogens is 240 g/mol. The lowest BCUT2D eigenvalue weighted by Crippen LogP contribution is -2.48. The van der Waals surface area contributed by atoms with Crippen LogP contribution in [0.4, 0.5) is 11.4 Å². The lowest BCUT2D eigenvalue weighted by Gasteiger charge is -2.42. The molecule has 0 atom stereocenters. The number of nitrogens with zero attached hydrogens (tertiary/aromatic N) is 1. The summed E-state index contributed by atoms with van der Waals surface area (Å²) >= 11 is 3.42. The van der Waals surface area contributed by atoms with Crippen LogP contribution in [0.15, 0.2) is 22.7 Å². The van der Waals surface area contributed by atoms with Gasteiger partial charge in [0.25, 0.3) is 0 Å². The molecule has 1 saturated heterocycles. The minimum absolute atomic E-state index is 0.694. The van der Waals surface area contributed by atoms with Crippen LogP contribution in [0.2, 0.25) is 0 Å². The Hall–Kier alpha value is -0.700. The summed E-state index contributed by atoms with van der Waals surface area (Å²) < 4.78 is 1.06. The van der Waals surface area contributed by atoms with Crippen LogP contribution in [-0.2, 0) is 0 Å². The Morgan fingerprint density at radius 2 is 2.00 bits per heavy atom. The van der Waals surface area contributed by atoms with Crippen LogP contribution in [0.5, 0.6) is 0 Å². The van der Waals surface area contributed by atoms with Crippen molar-refractivity contribution in [3.63, 3.8) is 0 Å². The van der Waals surface area contributed by atoms with Gasteiger partial charge in [0.05, 0.1) is 11.4 Å². The van der Waals surface area contributed by atoms with E-state index >= 15 is 0 Å². The Bertz CT molecular complexity index is 377. The van der Waals surface area contributed by atoms with Gasteiger partial charge in [-0.25, -0.2) is 0 Å². The van der Waals surface area contributed by atoms with Crippen LogP contribution in [0.1, 0.15) is 12.8 Å². The van der Waals surface area contributed by atoms with Crippen molar-refractivity contribution in [2.24, 2.45) is 5.41 Å². The average molecular weight is 253 g/mol. The van der Waals surface area contributed by atoms with Crippen molar-refractivity contribution >= 4 is 27.3 Å². The molecule has 1 aromatic rings. The topological polar surface area (TPSA) is 29.3 Å². The first kappa shape index (κ1) is 8.60. The van der Waals surface area contributed by atoms with Gasteiger partial charge in [-0.1, -0.05) is 15.9 Å². The first-order valence-electron chi connectivity index (χ1n) is 4.99. The molecule has 14 heavy (non-hydrogen) atoms. The highest BCUT2D eigenvalue weighted by atomic mass is 79.9. The second-order valence-corrected chi connectivity index (χ2v) is 5.47. The van der Waals surface area contributed by atoms with Gasteiger partial charge in [0.1, 0.15) is 0 Å². The molecule has 74 valence electrons. The number of hydrogen-bond acceptors (Lipinski definition) is 2. The predicted octanol–water partition coefficient (Wildman–Crippen LogP) is 2.63. The Balaban J connectivity index is 1.83. The summed E-state index contributed by atoms with van der Waals surface area (Å²) in [5.74, 6) is 0. The van der Waals surface area contributed by atoms with E-state index in [1.54, 1.807) is 0 Å². The van der Waals surface area contributed by atoms with Gasteiger partial charge in [-0.05, 0) is 31.0 Å². The molecule has 0 amide bonds. The number of rotatable bonds is 1. The van der Waals surface area contributed by atoms with Crippen LogP contribution < -0.4 is 10.6 Å². The summed E-state index contributed by atoms with van der Waals surface area (Å²) in [7, 11) is 0. The van der Waals surface area contributed by atoms with Gasteiger partial charge in [0, 0.05) is 23.0 Å². The summed E-state index contributed by atoms with van der Waals surface area (Å²) in [6.45, 7) is 2.41. The molecule has 1 aliphatic heterocycles. The summed E-state index contributed by atoms with van der Waals surface area (Å²) in [4.78, 5) is 2.38. The van der Waals surface area contributed by atoms with Crippen molar-refractivity contribution in [2.75, 3.05) is 23.7 Å². The second kappa shape index (κ2) is 2.66. The van der Waals surface area contributed by atoms with Crippen molar-refractivity contribution in [2.45, 2.75) is 12.8 Å². The molecule has 1 spiro atoms. The quantitative estimate of drug-likeness (QED) is 0.779. The van der Waals surface area contributed by atoms with E-state index in [0.29, 0.717) is 5.41 Å². The van der Waals surface area contributed by atoms with Gasteiger partial charge in [-0.15, -0.1) is 0 Å². The molecule has 0 bridgehead atoms. The maximum Gasteiger partial charge on any atom is 0.0601 e. The third-order valence-electron chi connectivity index (χ3n) is 3.34. The van der Waals surface area contributed by atoms with E-state index in [1.165, 1.54) is 31.6 Å². The Morgan fingerprint density at radius 3 is 2.57 bits per heavy atom. The first-order valence-corrected chi connectivity index (χ1v) is 5.78. The highest BCUT2D eigenvalue weighted by Gasteiger charge is 2.52. The van der Waals surface area contributed by atoms with Gasteiger partial charge in [0.15, 0.2) is 0 Å². The van der Waals surface area contributed by atoms with Gasteiger partial charge in [0.2, 0.25) is 0 Å². The van der Waals surface area contributed by atoms with Gasteiger partial charge in [-0.3, -0.25) is 0 Å². The fourth-order valence-corrected chi connectivity index (χ4v) is 2.62. The van der Waals surface area contributed by atoms with Crippen molar-refractivity contribution in [1.29, 1.82) is 0 Å². The molecular formula is C11H13BrN2. The highest BCUT2D eigenvalue weighted by molar-refractivity contribution is 9.10. The van der Waals surface area contributed by atoms with E-state index in [1.807, 2.05) is 6.07 Å². The second-order valence-electron chi connectivity index (χ2n) is 4.56. The predicted molar refractivity (Wildman–Crippen MR) is 62.4 cm³/mol. The van der Waals surface area contributed by atoms with Crippen molar-refractivity contribution in [3.8, 4) is 0 Å². The Kier molecular flexibility index (Phi) is 1.63. The number of nitrogens with two attached hydrogens (primary N) is 1. The molecule has 3 rings (SSSR count). The molecule has 0 radical (unpaired) electrons. The molecule has 0 unspecified atom stereocenters. The lowest BCUT2D eigenvalue weighted by atomic mass is 9.96. The zero-order valence-electron chi connectivity index (χ0n) is 7.96. The molecule has 1 aliphatic carbocycles. The zero-order chi connectivity index (χ0) is 9.76. The molecule has 2 fully saturated rings. The van der Waals surface area contributed by atoms with Crippen LogP contribution >= 0.6 is 15.9 Å². The number of anilines is 2. The van der Waals surface area contributed by atoms with E-state index in [0.717, 1.165) is 10.2 Å². The monoisotopic (exact) mass is 252 g/mol. The van der Waals surface area contributed by atoms with Crippen molar-refractivity contribution in [3.05, 3.63) is 22.7 Å². The highest BCUT2D eigenvalue weighted by Crippen LogP contribution is 2.54. The zero-order valence-corrected chi connectivity index (χ0v) is 9.55. The molecule has 0 aromatic heterocycles. The smallest absolute Gasteiger partial charge is 0.0601 e. The van der Waals surface area contributed by atoms with Gasteiger partial charge >= 0.3 is 0 Å². The van der Waals surface area contributed by atoms with Gasteiger partial charge < -0.3 is 10.6 Å². The minimum atomic E-state index is 0.694. The van der Waals surface area contributed by atoms with Crippen LogP contribution in [0.3, 0.4) is 0 Å². The molecule has 1 saturated carbocycles. The molecule has 1 heterocycles. The largest absolute Gasteiger partial charge is 0.397 e. The third kappa shape index (κ3) is 1.22. The molecule has 1 aromatic carbocycles. The summed E-state index contributed by atoms with van der Waals surface area (Å²) in [5, 5.41) is 0. The molecule has 2 N–H and O–H groups in total. The number of benzene rings is 1. The fraction of sp³-hybridized carbons (Fsp3) is 0.455. The van der Waals surface area contributed by atoms with E-state index in [9.17, 15) is 0 Å². The summed E-state index contributed by atoms with van der Waals surface area (Å²) in [6.07, 6.45) is 2.83. The molecule has 2 nitrogen and oxygen atoms in total. The van der Waals surface area contributed by atoms with Gasteiger partial charge in [-0.2, -0.15) is 0 Å². The summed E-state index contributed by atoms with van der Waals surface area (Å²) in [6, 6.07) is 6.14. The van der Waals surface area contributed by atoms with Crippen LogP contribution in [-0.4, -0.2) is 13.1 Å². The van der Waals surface area contributed by atoms with E-state index in [-0.39, 0.29) is 0 Å². The first-order chi connectivity index (χ1) is 6.69. The van der Waals surface area contributed by atoms with Crippen molar-refractivity contribution < 1.29 is 0 Å². The number of hydrogen-bond donors (Lipinski definition) is 1. The van der Waals surface area contributed by atoms with Crippen LogP contribution in [0, 0.1) is 5.41 Å². The Morgan fingerprint density at radius 1 is 1.29 bits per heavy atom. The number of nitrogen functional groups attached to an aromatic ring is 1. The molecule has 3 heteroatoms. The lowest BCUT2D eigenvalue weighted by molar-refractivity contribution is 0.388. The standard InChI is InChI=1S/C11H13BrN2/c12-8-1-2-10(9(13)5-8)14-6-11(7-14)3-4-11/h1-2,5H,3-4,6-7,13H2. The molecule has 2 aliphatic rings.